The van der Waals surface area contributed by atoms with Gasteiger partial charge in [-0.2, -0.15) is 0 Å². The first-order valence-corrected chi connectivity index (χ1v) is 22.9. The van der Waals surface area contributed by atoms with Gasteiger partial charge in [-0.25, -0.2) is 0 Å². The summed E-state index contributed by atoms with van der Waals surface area (Å²) in [4.78, 5) is 37.6. The molecule has 0 saturated carbocycles. The predicted octanol–water partition coefficient (Wildman–Crippen LogP) is 14.4. The van der Waals surface area contributed by atoms with Crippen LogP contribution in [0.3, 0.4) is 0 Å². The summed E-state index contributed by atoms with van der Waals surface area (Å²) in [6.45, 7) is 6.57. The summed E-state index contributed by atoms with van der Waals surface area (Å²) in [5.74, 6) is -0.881. The van der Waals surface area contributed by atoms with Crippen molar-refractivity contribution in [2.24, 2.45) is 0 Å². The van der Waals surface area contributed by atoms with E-state index in [4.69, 9.17) is 14.2 Å². The molecule has 0 radical (unpaired) electrons. The van der Waals surface area contributed by atoms with E-state index >= 15 is 0 Å². The molecule has 0 aromatic rings. The van der Waals surface area contributed by atoms with Crippen LogP contribution in [0.1, 0.15) is 239 Å². The first-order chi connectivity index (χ1) is 26.0. The van der Waals surface area contributed by atoms with Gasteiger partial charge in [0, 0.05) is 19.3 Å². The molecule has 0 rings (SSSR count). The topological polar surface area (TPSA) is 78.9 Å². The summed E-state index contributed by atoms with van der Waals surface area (Å²) in [5, 5.41) is 0. The number of allylic oxidation sites excluding steroid dienone is 4. The molecule has 0 heterocycles. The zero-order valence-electron chi connectivity index (χ0n) is 35.3. The summed E-state index contributed by atoms with van der Waals surface area (Å²) in [6.07, 6.45) is 45.8. The zero-order valence-corrected chi connectivity index (χ0v) is 35.3. The lowest BCUT2D eigenvalue weighted by molar-refractivity contribution is -0.167. The van der Waals surface area contributed by atoms with Crippen molar-refractivity contribution in [3.05, 3.63) is 24.3 Å². The standard InChI is InChI=1S/C47H86O6/c1-4-7-10-13-16-19-21-22-23-24-26-28-31-34-37-40-46(49)52-43-44(42-51-45(48)39-36-33-30-27-18-15-12-9-6-3)53-47(50)41-38-35-32-29-25-20-17-14-11-8-5-2/h16,19,21-22,44H,4-15,17-18,20,23-43H2,1-3H3/b19-16-,22-21-. The average molecular weight is 747 g/mol. The largest absolute Gasteiger partial charge is 0.462 e. The van der Waals surface area contributed by atoms with Gasteiger partial charge in [-0.15, -0.1) is 0 Å². The molecule has 0 amide bonds. The SMILES string of the molecule is CCCCC/C=C\C=C/CCCCCCCCC(=O)OCC(COC(=O)CCCCCCCCCCC)OC(=O)CCCCCCCCCCCCC. The van der Waals surface area contributed by atoms with Crippen LogP contribution in [0, 0.1) is 0 Å². The Labute approximate surface area is 328 Å². The molecular weight excluding hydrogens is 661 g/mol. The van der Waals surface area contributed by atoms with Crippen molar-refractivity contribution in [1.29, 1.82) is 0 Å². The molecule has 310 valence electrons. The highest BCUT2D eigenvalue weighted by Gasteiger charge is 2.19. The molecule has 0 spiro atoms. The maximum absolute atomic E-state index is 12.7. The van der Waals surface area contributed by atoms with Crippen LogP contribution in [-0.2, 0) is 28.6 Å². The Morgan fingerprint density at radius 2 is 0.660 bits per heavy atom. The Bertz CT molecular complexity index is 865. The van der Waals surface area contributed by atoms with E-state index in [1.54, 1.807) is 0 Å². The number of hydrogen-bond donors (Lipinski definition) is 0. The second kappa shape index (κ2) is 42.6. The molecule has 0 aliphatic heterocycles. The van der Waals surface area contributed by atoms with Crippen molar-refractivity contribution in [2.75, 3.05) is 13.2 Å². The van der Waals surface area contributed by atoms with Crippen molar-refractivity contribution >= 4 is 17.9 Å². The van der Waals surface area contributed by atoms with Gasteiger partial charge in [-0.05, 0) is 44.9 Å². The first-order valence-electron chi connectivity index (χ1n) is 22.9. The summed E-state index contributed by atoms with van der Waals surface area (Å²) in [6, 6.07) is 0. The van der Waals surface area contributed by atoms with Crippen molar-refractivity contribution in [3.8, 4) is 0 Å². The summed E-state index contributed by atoms with van der Waals surface area (Å²) in [5.41, 5.74) is 0. The maximum atomic E-state index is 12.7. The normalized spacial score (nSPS) is 12.1. The van der Waals surface area contributed by atoms with E-state index in [0.29, 0.717) is 19.3 Å². The van der Waals surface area contributed by atoms with Crippen LogP contribution >= 0.6 is 0 Å². The summed E-state index contributed by atoms with van der Waals surface area (Å²) in [7, 11) is 0. The molecule has 0 aliphatic carbocycles. The zero-order chi connectivity index (χ0) is 38.7. The molecule has 0 aliphatic rings. The Morgan fingerprint density at radius 3 is 1.04 bits per heavy atom. The third-order valence-corrected chi connectivity index (χ3v) is 9.99. The average Bonchev–Trinajstić information content (AvgIpc) is 3.15. The van der Waals surface area contributed by atoms with Gasteiger partial charge in [0.1, 0.15) is 13.2 Å². The lowest BCUT2D eigenvalue weighted by Crippen LogP contribution is -2.30. The van der Waals surface area contributed by atoms with E-state index in [2.05, 4.69) is 45.1 Å². The minimum atomic E-state index is -0.767. The Kier molecular flexibility index (Phi) is 40.9. The van der Waals surface area contributed by atoms with Gasteiger partial charge >= 0.3 is 17.9 Å². The fraction of sp³-hybridized carbons (Fsp3) is 0.851. The third-order valence-electron chi connectivity index (χ3n) is 9.99. The molecule has 0 saturated heterocycles. The first kappa shape index (κ1) is 50.9. The smallest absolute Gasteiger partial charge is 0.306 e. The minimum Gasteiger partial charge on any atom is -0.462 e. The number of unbranched alkanes of at least 4 members (excludes halogenated alkanes) is 27. The van der Waals surface area contributed by atoms with E-state index in [1.165, 1.54) is 135 Å². The van der Waals surface area contributed by atoms with Crippen LogP contribution < -0.4 is 0 Å². The van der Waals surface area contributed by atoms with Gasteiger partial charge in [-0.1, -0.05) is 199 Å². The molecule has 0 aromatic heterocycles. The number of carbonyl (C=O) groups is 3. The molecule has 0 bridgehead atoms. The number of esters is 3. The van der Waals surface area contributed by atoms with Crippen molar-refractivity contribution in [3.63, 3.8) is 0 Å². The predicted molar refractivity (Wildman–Crippen MR) is 224 cm³/mol. The van der Waals surface area contributed by atoms with Gasteiger partial charge in [0.05, 0.1) is 0 Å². The van der Waals surface area contributed by atoms with Gasteiger partial charge in [0.2, 0.25) is 0 Å². The van der Waals surface area contributed by atoms with Crippen LogP contribution in [0.25, 0.3) is 0 Å². The fourth-order valence-electron chi connectivity index (χ4n) is 6.49. The number of ether oxygens (including phenoxy) is 3. The lowest BCUT2D eigenvalue weighted by Gasteiger charge is -2.18. The molecule has 1 unspecified atom stereocenters. The van der Waals surface area contributed by atoms with Crippen LogP contribution in [0.2, 0.25) is 0 Å². The molecule has 6 heteroatoms. The lowest BCUT2D eigenvalue weighted by atomic mass is 10.1. The highest BCUT2D eigenvalue weighted by molar-refractivity contribution is 5.71. The minimum absolute atomic E-state index is 0.0715. The Hall–Kier alpha value is -2.11. The van der Waals surface area contributed by atoms with Crippen LogP contribution in [-0.4, -0.2) is 37.2 Å². The molecule has 0 fully saturated rings. The molecular formula is C47H86O6. The number of rotatable bonds is 41. The maximum Gasteiger partial charge on any atom is 0.306 e. The van der Waals surface area contributed by atoms with Crippen LogP contribution in [0.5, 0.6) is 0 Å². The number of carbonyl (C=O) groups excluding carboxylic acids is 3. The van der Waals surface area contributed by atoms with E-state index in [0.717, 1.165) is 64.2 Å². The van der Waals surface area contributed by atoms with Crippen molar-refractivity contribution in [1.82, 2.24) is 0 Å². The van der Waals surface area contributed by atoms with E-state index in [-0.39, 0.29) is 31.1 Å². The number of hydrogen-bond acceptors (Lipinski definition) is 6. The van der Waals surface area contributed by atoms with Crippen LogP contribution in [0.4, 0.5) is 0 Å². The Morgan fingerprint density at radius 1 is 0.377 bits per heavy atom. The molecule has 1 atom stereocenters. The molecule has 53 heavy (non-hydrogen) atoms. The highest BCUT2D eigenvalue weighted by atomic mass is 16.6. The Balaban J connectivity index is 4.34. The third kappa shape index (κ3) is 40.9. The van der Waals surface area contributed by atoms with Crippen LogP contribution in [0.15, 0.2) is 24.3 Å². The van der Waals surface area contributed by atoms with Crippen molar-refractivity contribution in [2.45, 2.75) is 245 Å². The molecule has 0 N–H and O–H groups in total. The quantitative estimate of drug-likeness (QED) is 0.0268. The molecule has 0 aromatic carbocycles. The van der Waals surface area contributed by atoms with E-state index in [1.807, 2.05) is 0 Å². The monoisotopic (exact) mass is 747 g/mol. The van der Waals surface area contributed by atoms with E-state index < -0.39 is 6.10 Å². The summed E-state index contributed by atoms with van der Waals surface area (Å²) >= 11 is 0. The second-order valence-corrected chi connectivity index (χ2v) is 15.4. The van der Waals surface area contributed by atoms with Crippen molar-refractivity contribution < 1.29 is 28.6 Å². The summed E-state index contributed by atoms with van der Waals surface area (Å²) < 4.78 is 16.7. The second-order valence-electron chi connectivity index (χ2n) is 15.4. The fourth-order valence-corrected chi connectivity index (χ4v) is 6.49. The van der Waals surface area contributed by atoms with E-state index in [9.17, 15) is 14.4 Å². The van der Waals surface area contributed by atoms with Gasteiger partial charge in [0.25, 0.3) is 0 Å². The van der Waals surface area contributed by atoms with Gasteiger partial charge in [-0.3, -0.25) is 14.4 Å². The van der Waals surface area contributed by atoms with Gasteiger partial charge in [0.15, 0.2) is 6.10 Å². The highest BCUT2D eigenvalue weighted by Crippen LogP contribution is 2.15. The van der Waals surface area contributed by atoms with Gasteiger partial charge < -0.3 is 14.2 Å². The molecule has 6 nitrogen and oxygen atoms in total.